The van der Waals surface area contributed by atoms with Gasteiger partial charge in [-0.2, -0.15) is 21.4 Å². The number of carbonyl (C=O) groups excluding carboxylic acids is 3. The first-order valence-electron chi connectivity index (χ1n) is 30.4. The Morgan fingerprint density at radius 2 is 1.26 bits per heavy atom. The van der Waals surface area contributed by atoms with Crippen LogP contribution < -0.4 is 9.64 Å². The number of ether oxygens (including phenoxy) is 9. The molecule has 1 atom stereocenters. The van der Waals surface area contributed by atoms with E-state index in [0.29, 0.717) is 139 Å². The highest BCUT2D eigenvalue weighted by Gasteiger charge is 2.48. The van der Waals surface area contributed by atoms with Crippen molar-refractivity contribution in [3.8, 4) is 5.75 Å². The minimum Gasteiger partial charge on any atom is -0.744 e. The van der Waals surface area contributed by atoms with Crippen LogP contribution in [0.25, 0.3) is 11.1 Å². The number of nitrogens with zero attached hydrogens (tertiary/aromatic N) is 3. The van der Waals surface area contributed by atoms with Gasteiger partial charge in [0.2, 0.25) is 5.69 Å². The molecule has 0 aromatic heterocycles. The summed E-state index contributed by atoms with van der Waals surface area (Å²) in [6.45, 7) is 15.4. The molecule has 0 spiro atoms. The molecule has 2 aromatic rings. The standard InChI is InChI=1S/C63H89N3O22S3/c1-47-46-63(22-26-81-32-34-85-38-36-83-30-28-79-6,23-27-82-33-35-86-39-37-84-31-29-80-7)65(25-13-41-90(73,74)75)54-45-55-51(44-50(47)54)48(42-57(87-55)61(2,3)4)14-9-8-10-15-56-62(5,21-11-16-60(69)88-66-58(67)19-20-59(66)68)52-43-49(91(76,77)78)17-18-53(52)64(56)24-12-40-89(70,71)72/h8-10,14-15,17-18,42-46H,11-13,16,19-41H2,1-7H3,(H2-,70,71,72,73,74,75,76,77,78). The van der Waals surface area contributed by atoms with Gasteiger partial charge in [0, 0.05) is 106 Å². The number of hydroxylamine groups is 2. The SMILES string of the molecule is COCCOCCOCCOCCC1(CCOCCOCCOCCOC)C=C(C)c2cc3c(cc2N1CCCS(=O)(=O)O)OC(C(C)(C)C)=CC3=CC=CC=CC1=[N+](CCCS(=O)(=O)O)c2ccc(S(=O)(=O)[O-])cc2C1(C)CCCC(=O)ON1C(=O)CCC1=O. The molecular formula is C63H89N3O22S3. The van der Waals surface area contributed by atoms with E-state index in [2.05, 4.69) is 11.0 Å². The summed E-state index contributed by atoms with van der Waals surface area (Å²) in [4.78, 5) is 44.2. The molecule has 4 heterocycles. The summed E-state index contributed by atoms with van der Waals surface area (Å²) in [5.74, 6) is -2.04. The van der Waals surface area contributed by atoms with Gasteiger partial charge >= 0.3 is 5.97 Å². The predicted octanol–water partition coefficient (Wildman–Crippen LogP) is 6.93. The molecule has 0 saturated carbocycles. The van der Waals surface area contributed by atoms with E-state index in [1.807, 2.05) is 58.1 Å². The summed E-state index contributed by atoms with van der Waals surface area (Å²) in [6, 6.07) is 7.88. The van der Waals surface area contributed by atoms with Gasteiger partial charge in [-0.15, -0.1) is 5.06 Å². The zero-order valence-corrected chi connectivity index (χ0v) is 55.6. The van der Waals surface area contributed by atoms with Gasteiger partial charge in [-0.1, -0.05) is 51.2 Å². The van der Waals surface area contributed by atoms with Crippen LogP contribution in [0.3, 0.4) is 0 Å². The molecular weight excluding hydrogens is 1250 g/mol. The molecule has 4 aliphatic rings. The van der Waals surface area contributed by atoms with Crippen molar-refractivity contribution in [2.24, 2.45) is 5.41 Å². The first-order valence-corrected chi connectivity index (χ1v) is 35.0. The number of imide groups is 1. The third-order valence-electron chi connectivity index (χ3n) is 15.7. The summed E-state index contributed by atoms with van der Waals surface area (Å²) >= 11 is 0. The number of allylic oxidation sites excluding steroid dienone is 9. The minimum absolute atomic E-state index is 0.0293. The Labute approximate surface area is 535 Å². The smallest absolute Gasteiger partial charge is 0.333 e. The Hall–Kier alpha value is -5.57. The maximum atomic E-state index is 13.0. The van der Waals surface area contributed by atoms with Gasteiger partial charge in [0.1, 0.15) is 28.2 Å². The lowest BCUT2D eigenvalue weighted by Gasteiger charge is -2.48. The van der Waals surface area contributed by atoms with Gasteiger partial charge in [0.15, 0.2) is 5.71 Å². The molecule has 0 aliphatic carbocycles. The second kappa shape index (κ2) is 34.5. The van der Waals surface area contributed by atoms with Gasteiger partial charge in [0.05, 0.1) is 107 Å². The third-order valence-corrected chi connectivity index (χ3v) is 18.1. The molecule has 506 valence electrons. The summed E-state index contributed by atoms with van der Waals surface area (Å²) in [6.07, 6.45) is 13.9. The van der Waals surface area contributed by atoms with Crippen LogP contribution in [0.2, 0.25) is 0 Å². The second-order valence-electron chi connectivity index (χ2n) is 23.5. The number of carbonyl (C=O) groups is 3. The van der Waals surface area contributed by atoms with Crippen LogP contribution in [0.5, 0.6) is 5.75 Å². The molecule has 2 aromatic carbocycles. The molecule has 28 heteroatoms. The molecule has 25 nitrogen and oxygen atoms in total. The van der Waals surface area contributed by atoms with Crippen LogP contribution in [-0.4, -0.2) is 209 Å². The highest BCUT2D eigenvalue weighted by atomic mass is 32.2. The quantitative estimate of drug-likeness (QED) is 0.0224. The van der Waals surface area contributed by atoms with Crippen molar-refractivity contribution in [3.63, 3.8) is 0 Å². The van der Waals surface area contributed by atoms with Crippen molar-refractivity contribution in [3.05, 3.63) is 95.3 Å². The van der Waals surface area contributed by atoms with Crippen LogP contribution in [0, 0.1) is 5.41 Å². The van der Waals surface area contributed by atoms with Crippen molar-refractivity contribution < 1.29 is 105 Å². The molecule has 0 radical (unpaired) electrons. The topological polar surface area (TPSA) is 319 Å². The lowest BCUT2D eigenvalue weighted by Crippen LogP contribution is -2.52. The molecule has 0 bridgehead atoms. The van der Waals surface area contributed by atoms with Crippen LogP contribution in [0.4, 0.5) is 11.4 Å². The highest BCUT2D eigenvalue weighted by Crippen LogP contribution is 2.50. The first-order chi connectivity index (χ1) is 43.1. The number of methoxy groups -OCH3 is 2. The molecule has 1 unspecified atom stereocenters. The van der Waals surface area contributed by atoms with E-state index in [1.165, 1.54) is 12.1 Å². The summed E-state index contributed by atoms with van der Waals surface area (Å²) in [5.41, 5.74) is 3.05. The highest BCUT2D eigenvalue weighted by molar-refractivity contribution is 7.86. The van der Waals surface area contributed by atoms with Gasteiger partial charge < -0.3 is 56.9 Å². The van der Waals surface area contributed by atoms with Crippen LogP contribution in [-0.2, 0) is 92.9 Å². The lowest BCUT2D eigenvalue weighted by molar-refractivity contribution is -0.437. The van der Waals surface area contributed by atoms with Gasteiger partial charge in [-0.05, 0) is 81.4 Å². The van der Waals surface area contributed by atoms with Crippen LogP contribution >= 0.6 is 0 Å². The zero-order valence-electron chi connectivity index (χ0n) is 53.1. The fourth-order valence-corrected chi connectivity index (χ4v) is 12.6. The number of anilines is 1. The van der Waals surface area contributed by atoms with Crippen molar-refractivity contribution in [1.82, 2.24) is 5.06 Å². The van der Waals surface area contributed by atoms with Gasteiger partial charge in [0.25, 0.3) is 32.1 Å². The number of hydrogen-bond acceptors (Lipinski definition) is 21. The van der Waals surface area contributed by atoms with E-state index in [-0.39, 0.29) is 58.0 Å². The zero-order chi connectivity index (χ0) is 66.5. The summed E-state index contributed by atoms with van der Waals surface area (Å²) < 4.78 is 159. The largest absolute Gasteiger partial charge is 0.744 e. The Bertz CT molecular complexity index is 3340. The molecule has 4 aliphatic heterocycles. The van der Waals surface area contributed by atoms with E-state index in [0.717, 1.165) is 34.0 Å². The number of benzene rings is 2. The van der Waals surface area contributed by atoms with Gasteiger partial charge in [-0.3, -0.25) is 18.7 Å². The summed E-state index contributed by atoms with van der Waals surface area (Å²) in [7, 11) is -10.5. The first kappa shape index (κ1) is 74.5. The maximum absolute atomic E-state index is 13.0. The van der Waals surface area contributed by atoms with E-state index in [1.54, 1.807) is 43.9 Å². The molecule has 6 rings (SSSR count). The number of amides is 2. The molecule has 2 amide bonds. The third kappa shape index (κ3) is 22.3. The molecule has 1 saturated heterocycles. The average Bonchev–Trinajstić information content (AvgIpc) is 1.73. The second-order valence-corrected chi connectivity index (χ2v) is 28.0. The fraction of sp³-hybridized carbons (Fsp3) is 0.587. The molecule has 91 heavy (non-hydrogen) atoms. The Balaban J connectivity index is 1.34. The lowest BCUT2D eigenvalue weighted by atomic mass is 9.75. The van der Waals surface area contributed by atoms with Crippen molar-refractivity contribution >= 4 is 76.4 Å². The monoisotopic (exact) mass is 1340 g/mol. The number of hydrogen-bond donors (Lipinski definition) is 2. The molecule has 2 N–H and O–H groups in total. The number of rotatable bonds is 41. The van der Waals surface area contributed by atoms with Crippen molar-refractivity contribution in [2.75, 3.05) is 136 Å². The molecule has 1 fully saturated rings. The predicted molar refractivity (Wildman–Crippen MR) is 337 cm³/mol. The maximum Gasteiger partial charge on any atom is 0.333 e. The van der Waals surface area contributed by atoms with Crippen LogP contribution in [0.15, 0.2) is 83.5 Å². The Morgan fingerprint density at radius 1 is 0.714 bits per heavy atom. The van der Waals surface area contributed by atoms with Crippen molar-refractivity contribution in [2.45, 2.75) is 108 Å². The number of fused-ring (bicyclic) bond motifs is 3. The minimum atomic E-state index is -4.96. The Kier molecular flexibility index (Phi) is 28.3. The van der Waals surface area contributed by atoms with Gasteiger partial charge in [-0.25, -0.2) is 13.2 Å². The van der Waals surface area contributed by atoms with Crippen LogP contribution in [0.1, 0.15) is 109 Å². The van der Waals surface area contributed by atoms with E-state index in [4.69, 9.17) is 47.5 Å². The fourth-order valence-electron chi connectivity index (χ4n) is 11.1. The van der Waals surface area contributed by atoms with Crippen molar-refractivity contribution in [1.29, 1.82) is 0 Å². The van der Waals surface area contributed by atoms with E-state index >= 15 is 0 Å². The average molecular weight is 1340 g/mol. The Morgan fingerprint density at radius 3 is 1.80 bits per heavy atom. The van der Waals surface area contributed by atoms with E-state index in [9.17, 15) is 53.3 Å². The normalized spacial score (nSPS) is 18.2. The van der Waals surface area contributed by atoms with E-state index < -0.39 is 80.9 Å². The summed E-state index contributed by atoms with van der Waals surface area (Å²) in [5, 5.41) is 0.452.